The van der Waals surface area contributed by atoms with Crippen molar-refractivity contribution in [3.8, 4) is 0 Å². The van der Waals surface area contributed by atoms with Gasteiger partial charge in [-0.25, -0.2) is 5.43 Å². The SMILES string of the molecule is CC(C)c1ccc(/C=N/NC(=O)c2cc3ccccc3o2)cc1. The molecule has 0 unspecified atom stereocenters. The molecule has 0 saturated carbocycles. The molecular weight excluding hydrogens is 288 g/mol. The highest BCUT2D eigenvalue weighted by molar-refractivity contribution is 5.96. The number of nitrogens with one attached hydrogen (secondary N) is 1. The van der Waals surface area contributed by atoms with E-state index in [1.165, 1.54) is 5.56 Å². The van der Waals surface area contributed by atoms with Crippen LogP contribution in [0.5, 0.6) is 0 Å². The summed E-state index contributed by atoms with van der Waals surface area (Å²) in [6.45, 7) is 4.30. The normalized spacial score (nSPS) is 11.4. The number of hydrogen-bond donors (Lipinski definition) is 1. The van der Waals surface area contributed by atoms with E-state index in [-0.39, 0.29) is 11.7 Å². The summed E-state index contributed by atoms with van der Waals surface area (Å²) in [6.07, 6.45) is 1.62. The number of hydrazone groups is 1. The monoisotopic (exact) mass is 306 g/mol. The number of fused-ring (bicyclic) bond motifs is 1. The lowest BCUT2D eigenvalue weighted by Gasteiger charge is -2.04. The van der Waals surface area contributed by atoms with Crippen LogP contribution in [0.15, 0.2) is 64.1 Å². The zero-order valence-corrected chi connectivity index (χ0v) is 13.1. The van der Waals surface area contributed by atoms with Crippen LogP contribution in [-0.4, -0.2) is 12.1 Å². The Hall–Kier alpha value is -2.88. The predicted molar refractivity (Wildman–Crippen MR) is 91.8 cm³/mol. The second-order valence-electron chi connectivity index (χ2n) is 5.67. The second-order valence-corrected chi connectivity index (χ2v) is 5.67. The second kappa shape index (κ2) is 6.48. The Bertz CT molecular complexity index is 812. The van der Waals surface area contributed by atoms with Crippen molar-refractivity contribution in [1.82, 2.24) is 5.43 Å². The van der Waals surface area contributed by atoms with Gasteiger partial charge in [0.1, 0.15) is 5.58 Å². The molecule has 4 heteroatoms. The van der Waals surface area contributed by atoms with Gasteiger partial charge in [-0.05, 0) is 29.2 Å². The van der Waals surface area contributed by atoms with Crippen molar-refractivity contribution >= 4 is 23.1 Å². The molecule has 0 saturated heterocycles. The fourth-order valence-corrected chi connectivity index (χ4v) is 2.28. The van der Waals surface area contributed by atoms with Crippen LogP contribution in [0.4, 0.5) is 0 Å². The fourth-order valence-electron chi connectivity index (χ4n) is 2.28. The first kappa shape index (κ1) is 15.0. The molecule has 1 aromatic heterocycles. The minimum Gasteiger partial charge on any atom is -0.451 e. The lowest BCUT2D eigenvalue weighted by molar-refractivity contribution is 0.0929. The van der Waals surface area contributed by atoms with Gasteiger partial charge >= 0.3 is 5.91 Å². The van der Waals surface area contributed by atoms with Crippen LogP contribution in [0.3, 0.4) is 0 Å². The Morgan fingerprint density at radius 2 is 1.87 bits per heavy atom. The molecule has 0 aliphatic heterocycles. The van der Waals surface area contributed by atoms with Crippen molar-refractivity contribution < 1.29 is 9.21 Å². The van der Waals surface area contributed by atoms with Gasteiger partial charge in [0.25, 0.3) is 0 Å². The van der Waals surface area contributed by atoms with Crippen LogP contribution in [0.25, 0.3) is 11.0 Å². The number of carbonyl (C=O) groups is 1. The Labute approximate surface area is 134 Å². The van der Waals surface area contributed by atoms with Gasteiger partial charge in [-0.15, -0.1) is 0 Å². The van der Waals surface area contributed by atoms with Gasteiger partial charge in [0.15, 0.2) is 5.76 Å². The lowest BCUT2D eigenvalue weighted by atomic mass is 10.0. The van der Waals surface area contributed by atoms with Gasteiger partial charge < -0.3 is 4.42 Å². The third-order valence-corrected chi connectivity index (χ3v) is 3.63. The maximum absolute atomic E-state index is 12.0. The first-order valence-electron chi connectivity index (χ1n) is 7.55. The third-order valence-electron chi connectivity index (χ3n) is 3.63. The van der Waals surface area contributed by atoms with Crippen LogP contribution in [0.2, 0.25) is 0 Å². The molecule has 0 radical (unpaired) electrons. The number of rotatable bonds is 4. The van der Waals surface area contributed by atoms with Gasteiger partial charge in [0.05, 0.1) is 6.21 Å². The number of nitrogens with zero attached hydrogens (tertiary/aromatic N) is 1. The summed E-state index contributed by atoms with van der Waals surface area (Å²) in [5.74, 6) is 0.378. The number of carbonyl (C=O) groups excluding carboxylic acids is 1. The number of furan rings is 1. The highest BCUT2D eigenvalue weighted by atomic mass is 16.3. The maximum atomic E-state index is 12.0. The van der Waals surface area contributed by atoms with E-state index in [1.807, 2.05) is 36.4 Å². The van der Waals surface area contributed by atoms with Crippen LogP contribution in [0, 0.1) is 0 Å². The number of benzene rings is 2. The van der Waals surface area contributed by atoms with E-state index in [1.54, 1.807) is 12.3 Å². The zero-order valence-electron chi connectivity index (χ0n) is 13.1. The highest BCUT2D eigenvalue weighted by Gasteiger charge is 2.10. The molecule has 116 valence electrons. The molecule has 1 amide bonds. The molecule has 0 fully saturated rings. The van der Waals surface area contributed by atoms with E-state index in [0.29, 0.717) is 11.5 Å². The molecule has 23 heavy (non-hydrogen) atoms. The van der Waals surface area contributed by atoms with Crippen molar-refractivity contribution in [2.24, 2.45) is 5.10 Å². The molecule has 0 aliphatic rings. The van der Waals surface area contributed by atoms with Gasteiger partial charge in [-0.3, -0.25) is 4.79 Å². The Kier molecular flexibility index (Phi) is 4.24. The Morgan fingerprint density at radius 1 is 1.13 bits per heavy atom. The molecule has 1 heterocycles. The van der Waals surface area contributed by atoms with Crippen molar-refractivity contribution in [1.29, 1.82) is 0 Å². The molecule has 0 atom stereocenters. The first-order valence-corrected chi connectivity index (χ1v) is 7.55. The maximum Gasteiger partial charge on any atom is 0.307 e. The minimum absolute atomic E-state index is 0.249. The van der Waals surface area contributed by atoms with Crippen LogP contribution >= 0.6 is 0 Å². The van der Waals surface area contributed by atoms with E-state index in [0.717, 1.165) is 10.9 Å². The van der Waals surface area contributed by atoms with Crippen molar-refractivity contribution in [3.63, 3.8) is 0 Å². The summed E-state index contributed by atoms with van der Waals surface area (Å²) >= 11 is 0. The summed E-state index contributed by atoms with van der Waals surface area (Å²) in [7, 11) is 0. The molecule has 0 aliphatic carbocycles. The fraction of sp³-hybridized carbons (Fsp3) is 0.158. The van der Waals surface area contributed by atoms with Crippen LogP contribution < -0.4 is 5.43 Å². The van der Waals surface area contributed by atoms with Gasteiger partial charge in [-0.2, -0.15) is 5.10 Å². The molecule has 3 rings (SSSR count). The molecule has 4 nitrogen and oxygen atoms in total. The van der Waals surface area contributed by atoms with E-state index in [2.05, 4.69) is 36.5 Å². The van der Waals surface area contributed by atoms with Gasteiger partial charge in [-0.1, -0.05) is 56.3 Å². The van der Waals surface area contributed by atoms with E-state index >= 15 is 0 Å². The van der Waals surface area contributed by atoms with Gasteiger partial charge in [0, 0.05) is 5.39 Å². The zero-order chi connectivity index (χ0) is 16.2. The number of hydrogen-bond acceptors (Lipinski definition) is 3. The minimum atomic E-state index is -0.365. The molecule has 0 spiro atoms. The number of amides is 1. The molecule has 1 N–H and O–H groups in total. The summed E-state index contributed by atoms with van der Waals surface area (Å²) in [6, 6.07) is 17.3. The smallest absolute Gasteiger partial charge is 0.307 e. The topological polar surface area (TPSA) is 54.6 Å². The van der Waals surface area contributed by atoms with E-state index in [9.17, 15) is 4.79 Å². The van der Waals surface area contributed by atoms with E-state index < -0.39 is 0 Å². The van der Waals surface area contributed by atoms with Crippen molar-refractivity contribution in [3.05, 3.63) is 71.5 Å². The van der Waals surface area contributed by atoms with Gasteiger partial charge in [0.2, 0.25) is 0 Å². The average Bonchev–Trinajstić information content (AvgIpc) is 2.99. The summed E-state index contributed by atoms with van der Waals surface area (Å²) in [4.78, 5) is 12.0. The van der Waals surface area contributed by atoms with Crippen LogP contribution in [0.1, 0.15) is 41.4 Å². The van der Waals surface area contributed by atoms with Crippen molar-refractivity contribution in [2.45, 2.75) is 19.8 Å². The molecular formula is C19H18N2O2. The molecule has 2 aromatic carbocycles. The quantitative estimate of drug-likeness (QED) is 0.576. The first-order chi connectivity index (χ1) is 11.1. The highest BCUT2D eigenvalue weighted by Crippen LogP contribution is 2.18. The largest absolute Gasteiger partial charge is 0.451 e. The summed E-state index contributed by atoms with van der Waals surface area (Å²) < 4.78 is 5.49. The average molecular weight is 306 g/mol. The number of para-hydroxylation sites is 1. The Morgan fingerprint density at radius 3 is 2.57 bits per heavy atom. The van der Waals surface area contributed by atoms with E-state index in [4.69, 9.17) is 4.42 Å². The standard InChI is InChI=1S/C19H18N2O2/c1-13(2)15-9-7-14(8-10-15)12-20-21-19(22)18-11-16-5-3-4-6-17(16)23-18/h3-13H,1-2H3,(H,21,22)/b20-12+. The summed E-state index contributed by atoms with van der Waals surface area (Å²) in [5, 5.41) is 4.87. The molecule has 3 aromatic rings. The van der Waals surface area contributed by atoms with Crippen LogP contribution in [-0.2, 0) is 0 Å². The predicted octanol–water partition coefficient (Wildman–Crippen LogP) is 4.32. The third kappa shape index (κ3) is 3.48. The summed E-state index contributed by atoms with van der Waals surface area (Å²) in [5.41, 5.74) is 5.37. The van der Waals surface area contributed by atoms with Crippen molar-refractivity contribution in [2.75, 3.05) is 0 Å². The lowest BCUT2D eigenvalue weighted by Crippen LogP contribution is -2.16. The molecule has 0 bridgehead atoms. The Balaban J connectivity index is 1.66.